The van der Waals surface area contributed by atoms with Crippen molar-refractivity contribution in [1.82, 2.24) is 5.16 Å². The van der Waals surface area contributed by atoms with Gasteiger partial charge in [0.15, 0.2) is 0 Å². The molecule has 0 atom stereocenters. The number of carbonyl (C=O) groups excluding carboxylic acids is 2. The SMILES string of the molecule is Cc1cc(COC(=O)c2ccc3c(c2)CCC(=O)N3)no1. The Hall–Kier alpha value is -2.63. The minimum Gasteiger partial charge on any atom is -0.455 e. The van der Waals surface area contributed by atoms with Crippen molar-refractivity contribution in [3.05, 3.63) is 46.8 Å². The van der Waals surface area contributed by atoms with Crippen LogP contribution >= 0.6 is 0 Å². The fourth-order valence-electron chi connectivity index (χ4n) is 2.22. The number of anilines is 1. The topological polar surface area (TPSA) is 81.4 Å². The Morgan fingerprint density at radius 3 is 3.00 bits per heavy atom. The second kappa shape index (κ2) is 5.40. The van der Waals surface area contributed by atoms with Crippen LogP contribution in [0.2, 0.25) is 0 Å². The first kappa shape index (κ1) is 13.4. The summed E-state index contributed by atoms with van der Waals surface area (Å²) >= 11 is 0. The molecule has 1 aliphatic heterocycles. The lowest BCUT2D eigenvalue weighted by molar-refractivity contribution is -0.116. The highest BCUT2D eigenvalue weighted by Crippen LogP contribution is 2.24. The van der Waals surface area contributed by atoms with Gasteiger partial charge in [0.05, 0.1) is 5.56 Å². The lowest BCUT2D eigenvalue weighted by Gasteiger charge is -2.17. The van der Waals surface area contributed by atoms with Gasteiger partial charge in [-0.15, -0.1) is 0 Å². The molecule has 1 aromatic heterocycles. The average Bonchev–Trinajstić information content (AvgIpc) is 2.90. The molecule has 0 saturated carbocycles. The molecule has 21 heavy (non-hydrogen) atoms. The van der Waals surface area contributed by atoms with E-state index in [1.807, 2.05) is 0 Å². The first-order valence-electron chi connectivity index (χ1n) is 6.64. The lowest BCUT2D eigenvalue weighted by Crippen LogP contribution is -2.19. The summed E-state index contributed by atoms with van der Waals surface area (Å²) in [6.07, 6.45) is 1.06. The predicted molar refractivity (Wildman–Crippen MR) is 73.8 cm³/mol. The van der Waals surface area contributed by atoms with E-state index in [-0.39, 0.29) is 12.5 Å². The van der Waals surface area contributed by atoms with Crippen LogP contribution in [0.25, 0.3) is 0 Å². The van der Waals surface area contributed by atoms with E-state index >= 15 is 0 Å². The molecular formula is C15H14N2O4. The molecule has 1 N–H and O–H groups in total. The number of carbonyl (C=O) groups is 2. The number of amides is 1. The van der Waals surface area contributed by atoms with Crippen LogP contribution in [0.1, 0.15) is 33.8 Å². The second-order valence-electron chi connectivity index (χ2n) is 4.93. The first-order valence-corrected chi connectivity index (χ1v) is 6.64. The first-order chi connectivity index (χ1) is 10.1. The molecule has 0 spiro atoms. The zero-order valence-corrected chi connectivity index (χ0v) is 11.5. The van der Waals surface area contributed by atoms with Crippen LogP contribution in [0.3, 0.4) is 0 Å². The van der Waals surface area contributed by atoms with E-state index < -0.39 is 5.97 Å². The number of hydrogen-bond donors (Lipinski definition) is 1. The molecule has 0 aliphatic carbocycles. The molecule has 1 aliphatic rings. The number of rotatable bonds is 3. The minimum absolute atomic E-state index is 0.000714. The maximum Gasteiger partial charge on any atom is 0.338 e. The molecule has 0 saturated heterocycles. The van der Waals surface area contributed by atoms with Gasteiger partial charge in [0.25, 0.3) is 0 Å². The molecule has 1 aromatic carbocycles. The van der Waals surface area contributed by atoms with Gasteiger partial charge in [0.1, 0.15) is 18.1 Å². The Labute approximate surface area is 121 Å². The zero-order valence-electron chi connectivity index (χ0n) is 11.5. The zero-order chi connectivity index (χ0) is 14.8. The van der Waals surface area contributed by atoms with Crippen LogP contribution in [0.4, 0.5) is 5.69 Å². The van der Waals surface area contributed by atoms with Gasteiger partial charge in [-0.05, 0) is 37.1 Å². The number of aromatic nitrogens is 1. The number of nitrogens with zero attached hydrogens (tertiary/aromatic N) is 1. The molecule has 0 bridgehead atoms. The van der Waals surface area contributed by atoms with E-state index in [1.165, 1.54) is 0 Å². The van der Waals surface area contributed by atoms with Crippen molar-refractivity contribution < 1.29 is 18.8 Å². The molecule has 0 radical (unpaired) electrons. The van der Waals surface area contributed by atoms with E-state index in [2.05, 4.69) is 10.5 Å². The maximum atomic E-state index is 12.0. The largest absolute Gasteiger partial charge is 0.455 e. The summed E-state index contributed by atoms with van der Waals surface area (Å²) in [5.41, 5.74) is 2.74. The minimum atomic E-state index is -0.421. The summed E-state index contributed by atoms with van der Waals surface area (Å²) in [5.74, 6) is 0.250. The standard InChI is InChI=1S/C15H14N2O4/c1-9-6-12(17-21-9)8-20-15(19)11-2-4-13-10(7-11)3-5-14(18)16-13/h2,4,6-7H,3,5,8H2,1H3,(H,16,18). The van der Waals surface area contributed by atoms with E-state index in [4.69, 9.17) is 9.26 Å². The number of fused-ring (bicyclic) bond motifs is 1. The molecule has 0 unspecified atom stereocenters. The van der Waals surface area contributed by atoms with Crippen molar-refractivity contribution in [3.63, 3.8) is 0 Å². The molecule has 1 amide bonds. The predicted octanol–water partition coefficient (Wildman–Crippen LogP) is 2.22. The van der Waals surface area contributed by atoms with Crippen LogP contribution in [0, 0.1) is 6.92 Å². The summed E-state index contributed by atoms with van der Waals surface area (Å²) in [6, 6.07) is 6.84. The summed E-state index contributed by atoms with van der Waals surface area (Å²) in [5, 5.41) is 6.53. The quantitative estimate of drug-likeness (QED) is 0.875. The smallest absolute Gasteiger partial charge is 0.338 e. The highest BCUT2D eigenvalue weighted by Gasteiger charge is 2.17. The molecule has 108 valence electrons. The van der Waals surface area contributed by atoms with Gasteiger partial charge in [-0.2, -0.15) is 0 Å². The van der Waals surface area contributed by atoms with Gasteiger partial charge >= 0.3 is 5.97 Å². The van der Waals surface area contributed by atoms with Crippen molar-refractivity contribution in [1.29, 1.82) is 0 Å². The van der Waals surface area contributed by atoms with Gasteiger partial charge < -0.3 is 14.6 Å². The maximum absolute atomic E-state index is 12.0. The van der Waals surface area contributed by atoms with Crippen molar-refractivity contribution in [2.45, 2.75) is 26.4 Å². The number of hydrogen-bond acceptors (Lipinski definition) is 5. The van der Waals surface area contributed by atoms with E-state index in [0.29, 0.717) is 29.9 Å². The molecule has 6 nitrogen and oxygen atoms in total. The van der Waals surface area contributed by atoms with E-state index in [0.717, 1.165) is 11.3 Å². The fourth-order valence-corrected chi connectivity index (χ4v) is 2.22. The van der Waals surface area contributed by atoms with Gasteiger partial charge in [-0.3, -0.25) is 4.79 Å². The highest BCUT2D eigenvalue weighted by molar-refractivity contribution is 5.96. The molecule has 0 fully saturated rings. The molecule has 3 rings (SSSR count). The van der Waals surface area contributed by atoms with Gasteiger partial charge in [-0.25, -0.2) is 4.79 Å². The van der Waals surface area contributed by atoms with Gasteiger partial charge in [0, 0.05) is 18.2 Å². The third kappa shape index (κ3) is 2.94. The third-order valence-corrected chi connectivity index (χ3v) is 3.26. The van der Waals surface area contributed by atoms with E-state index in [9.17, 15) is 9.59 Å². The number of nitrogens with one attached hydrogen (secondary N) is 1. The lowest BCUT2D eigenvalue weighted by atomic mass is 10.0. The van der Waals surface area contributed by atoms with Crippen molar-refractivity contribution in [3.8, 4) is 0 Å². The Morgan fingerprint density at radius 1 is 1.38 bits per heavy atom. The Bertz CT molecular complexity index is 705. The van der Waals surface area contributed by atoms with Crippen LogP contribution in [-0.2, 0) is 22.6 Å². The van der Waals surface area contributed by atoms with Crippen LogP contribution in [-0.4, -0.2) is 17.0 Å². The van der Waals surface area contributed by atoms with Crippen molar-refractivity contribution in [2.24, 2.45) is 0 Å². The highest BCUT2D eigenvalue weighted by atomic mass is 16.5. The van der Waals surface area contributed by atoms with E-state index in [1.54, 1.807) is 31.2 Å². The Balaban J connectivity index is 1.69. The van der Waals surface area contributed by atoms with Crippen LogP contribution in [0.15, 0.2) is 28.8 Å². The van der Waals surface area contributed by atoms with Crippen LogP contribution < -0.4 is 5.32 Å². The molecule has 2 heterocycles. The fraction of sp³-hybridized carbons (Fsp3) is 0.267. The second-order valence-corrected chi connectivity index (χ2v) is 4.93. The molecule has 2 aromatic rings. The number of esters is 1. The Kier molecular flexibility index (Phi) is 3.43. The molecular weight excluding hydrogens is 272 g/mol. The summed E-state index contributed by atoms with van der Waals surface area (Å²) < 4.78 is 10.1. The van der Waals surface area contributed by atoms with Crippen molar-refractivity contribution >= 4 is 17.6 Å². The number of benzene rings is 1. The summed E-state index contributed by atoms with van der Waals surface area (Å²) in [6.45, 7) is 1.85. The monoisotopic (exact) mass is 286 g/mol. The average molecular weight is 286 g/mol. The van der Waals surface area contributed by atoms with Gasteiger partial charge in [-0.1, -0.05) is 5.16 Å². The van der Waals surface area contributed by atoms with Gasteiger partial charge in [0.2, 0.25) is 5.91 Å². The Morgan fingerprint density at radius 2 is 2.24 bits per heavy atom. The summed E-state index contributed by atoms with van der Waals surface area (Å²) in [4.78, 5) is 23.3. The summed E-state index contributed by atoms with van der Waals surface area (Å²) in [7, 11) is 0. The number of aryl methyl sites for hydroxylation is 2. The van der Waals surface area contributed by atoms with Crippen molar-refractivity contribution in [2.75, 3.05) is 5.32 Å². The van der Waals surface area contributed by atoms with Crippen LogP contribution in [0.5, 0.6) is 0 Å². The third-order valence-electron chi connectivity index (χ3n) is 3.26. The number of ether oxygens (including phenoxy) is 1. The molecule has 6 heteroatoms. The normalized spacial score (nSPS) is 13.5.